The molecule has 3 rings (SSSR count). The predicted octanol–water partition coefficient (Wildman–Crippen LogP) is 2.13. The number of hydrogen-bond donors (Lipinski definition) is 3. The zero-order chi connectivity index (χ0) is 21.9. The van der Waals surface area contributed by atoms with E-state index in [0.29, 0.717) is 24.6 Å². The van der Waals surface area contributed by atoms with Gasteiger partial charge in [-0.1, -0.05) is 6.42 Å². The van der Waals surface area contributed by atoms with Crippen molar-refractivity contribution >= 4 is 5.96 Å². The molecule has 3 N–H and O–H groups in total. The molecule has 7 nitrogen and oxygen atoms in total. The minimum atomic E-state index is -4.85. The number of aliphatic hydroxyl groups is 1. The Morgan fingerprint density at radius 2 is 1.93 bits per heavy atom. The van der Waals surface area contributed by atoms with Gasteiger partial charge in [-0.2, -0.15) is 13.2 Å². The van der Waals surface area contributed by atoms with Gasteiger partial charge in [-0.25, -0.2) is 4.98 Å². The number of guanidine groups is 1. The third kappa shape index (κ3) is 4.74. The van der Waals surface area contributed by atoms with E-state index >= 15 is 0 Å². The second-order valence-corrected chi connectivity index (χ2v) is 8.45. The van der Waals surface area contributed by atoms with E-state index in [1.165, 1.54) is 43.3 Å². The first-order chi connectivity index (χ1) is 14.2. The van der Waals surface area contributed by atoms with Crippen molar-refractivity contribution in [1.29, 1.82) is 0 Å². The van der Waals surface area contributed by atoms with Crippen LogP contribution in [0.4, 0.5) is 13.2 Å². The van der Waals surface area contributed by atoms with E-state index in [0.717, 1.165) is 12.8 Å². The Balaban J connectivity index is 1.67. The Morgan fingerprint density at radius 1 is 1.27 bits per heavy atom. The predicted molar refractivity (Wildman–Crippen MR) is 109 cm³/mol. The number of rotatable bonds is 6. The van der Waals surface area contributed by atoms with Crippen molar-refractivity contribution < 1.29 is 18.3 Å². The molecule has 0 saturated carbocycles. The number of hydrogen-bond acceptors (Lipinski definition) is 4. The van der Waals surface area contributed by atoms with Crippen LogP contribution in [0.15, 0.2) is 17.4 Å². The second kappa shape index (κ2) is 9.13. The molecule has 1 aromatic heterocycles. The summed E-state index contributed by atoms with van der Waals surface area (Å²) in [4.78, 5) is 10.5. The highest BCUT2D eigenvalue weighted by atomic mass is 19.4. The first-order valence-corrected chi connectivity index (χ1v) is 10.7. The maximum atomic E-state index is 13.7. The van der Waals surface area contributed by atoms with E-state index in [1.54, 1.807) is 0 Å². The van der Waals surface area contributed by atoms with E-state index in [1.807, 2.05) is 6.92 Å². The number of aryl methyl sites for hydroxylation is 1. The average Bonchev–Trinajstić information content (AvgIpc) is 3.08. The fraction of sp³-hybridized carbons (Fsp3) is 0.800. The van der Waals surface area contributed by atoms with Crippen molar-refractivity contribution in [3.8, 4) is 0 Å². The van der Waals surface area contributed by atoms with E-state index in [2.05, 4.69) is 32.6 Å². The Labute approximate surface area is 175 Å². The number of imidazole rings is 1. The lowest BCUT2D eigenvalue weighted by Crippen LogP contribution is -2.56. The highest BCUT2D eigenvalue weighted by Crippen LogP contribution is 2.40. The Morgan fingerprint density at radius 3 is 2.47 bits per heavy atom. The van der Waals surface area contributed by atoms with Crippen LogP contribution in [0.5, 0.6) is 0 Å². The summed E-state index contributed by atoms with van der Waals surface area (Å²) in [6.07, 6.45) is 2.80. The fourth-order valence-electron chi connectivity index (χ4n) is 4.72. The Kier molecular flexibility index (Phi) is 6.96. The van der Waals surface area contributed by atoms with Crippen LogP contribution in [0.1, 0.15) is 51.3 Å². The number of nitrogens with zero attached hydrogens (tertiary/aromatic N) is 4. The Hall–Kier alpha value is -1.81. The van der Waals surface area contributed by atoms with Crippen LogP contribution in [0, 0.1) is 0 Å². The summed E-state index contributed by atoms with van der Waals surface area (Å²) < 4.78 is 42.2. The van der Waals surface area contributed by atoms with Crippen molar-refractivity contribution in [3.05, 3.63) is 18.2 Å². The molecule has 0 radical (unpaired) electrons. The molecule has 2 aliphatic heterocycles. The normalized spacial score (nSPS) is 27.6. The summed E-state index contributed by atoms with van der Waals surface area (Å²) >= 11 is 0. The summed E-state index contributed by atoms with van der Waals surface area (Å²) in [5, 5.41) is 17.0. The van der Waals surface area contributed by atoms with Gasteiger partial charge in [0.05, 0.1) is 0 Å². The number of piperidine rings is 2. The molecule has 170 valence electrons. The SMILES string of the molecule is CCNC(=NCCC(O)(c1nccn1C)C(F)(F)F)NC1CC2CCCC(C1)N2C. The summed E-state index contributed by atoms with van der Waals surface area (Å²) in [6, 6.07) is 1.32. The van der Waals surface area contributed by atoms with E-state index in [9.17, 15) is 18.3 Å². The fourth-order valence-corrected chi connectivity index (χ4v) is 4.72. The minimum absolute atomic E-state index is 0.183. The summed E-state index contributed by atoms with van der Waals surface area (Å²) in [5.74, 6) is 0.0702. The molecule has 3 heterocycles. The van der Waals surface area contributed by atoms with Gasteiger partial charge in [0.15, 0.2) is 5.96 Å². The molecule has 2 fully saturated rings. The van der Waals surface area contributed by atoms with Gasteiger partial charge in [0, 0.05) is 57.1 Å². The van der Waals surface area contributed by atoms with Gasteiger partial charge >= 0.3 is 6.18 Å². The van der Waals surface area contributed by atoms with Gasteiger partial charge in [0.2, 0.25) is 5.60 Å². The van der Waals surface area contributed by atoms with Gasteiger partial charge < -0.3 is 25.2 Å². The second-order valence-electron chi connectivity index (χ2n) is 8.45. The summed E-state index contributed by atoms with van der Waals surface area (Å²) in [6.45, 7) is 2.34. The van der Waals surface area contributed by atoms with Gasteiger partial charge in [-0.15, -0.1) is 0 Å². The van der Waals surface area contributed by atoms with E-state index in [-0.39, 0.29) is 12.6 Å². The zero-order valence-electron chi connectivity index (χ0n) is 17.9. The number of alkyl halides is 3. The standard InChI is InChI=1S/C20H33F3N6O/c1-4-24-18(27-14-12-15-6-5-7-16(13-14)29(15)3)26-9-8-19(30,20(21,22)23)17-25-10-11-28(17)2/h10-11,14-16,30H,4-9,12-13H2,1-3H3,(H2,24,26,27). The van der Waals surface area contributed by atoms with Crippen LogP contribution in [0.2, 0.25) is 0 Å². The van der Waals surface area contributed by atoms with Crippen molar-refractivity contribution in [1.82, 2.24) is 25.1 Å². The van der Waals surface area contributed by atoms with Gasteiger partial charge in [-0.3, -0.25) is 4.99 Å². The van der Waals surface area contributed by atoms with Gasteiger partial charge in [0.1, 0.15) is 5.82 Å². The monoisotopic (exact) mass is 430 g/mol. The zero-order valence-corrected chi connectivity index (χ0v) is 17.9. The van der Waals surface area contributed by atoms with Crippen LogP contribution in [-0.4, -0.2) is 70.0 Å². The maximum Gasteiger partial charge on any atom is 0.424 e. The molecule has 3 unspecified atom stereocenters. The third-order valence-electron chi connectivity index (χ3n) is 6.43. The highest BCUT2D eigenvalue weighted by Gasteiger charge is 2.57. The summed E-state index contributed by atoms with van der Waals surface area (Å²) in [7, 11) is 3.62. The minimum Gasteiger partial charge on any atom is -0.374 e. The topological polar surface area (TPSA) is 77.7 Å². The molecule has 2 bridgehead atoms. The van der Waals surface area contributed by atoms with Crippen LogP contribution < -0.4 is 10.6 Å². The first-order valence-electron chi connectivity index (χ1n) is 10.7. The molecule has 30 heavy (non-hydrogen) atoms. The number of fused-ring (bicyclic) bond motifs is 2. The number of halogens is 3. The first kappa shape index (κ1) is 22.9. The molecular weight excluding hydrogens is 397 g/mol. The average molecular weight is 431 g/mol. The molecule has 1 aromatic rings. The number of aromatic nitrogens is 2. The van der Waals surface area contributed by atoms with Crippen molar-refractivity contribution in [2.75, 3.05) is 20.1 Å². The molecule has 2 aliphatic rings. The van der Waals surface area contributed by atoms with Crippen LogP contribution in [0.3, 0.4) is 0 Å². The Bertz CT molecular complexity index is 722. The van der Waals surface area contributed by atoms with Crippen LogP contribution >= 0.6 is 0 Å². The lowest BCUT2D eigenvalue weighted by Gasteiger charge is -2.47. The van der Waals surface area contributed by atoms with Crippen LogP contribution in [0.25, 0.3) is 0 Å². The van der Waals surface area contributed by atoms with Crippen molar-refractivity contribution in [2.24, 2.45) is 12.0 Å². The molecular formula is C20H33F3N6O. The van der Waals surface area contributed by atoms with Gasteiger partial charge in [0.25, 0.3) is 0 Å². The maximum absolute atomic E-state index is 13.7. The van der Waals surface area contributed by atoms with Crippen molar-refractivity contribution in [3.63, 3.8) is 0 Å². The lowest BCUT2D eigenvalue weighted by molar-refractivity contribution is -0.272. The van der Waals surface area contributed by atoms with Crippen LogP contribution in [-0.2, 0) is 12.6 Å². The molecule has 0 aliphatic carbocycles. The molecule has 0 amide bonds. The van der Waals surface area contributed by atoms with Gasteiger partial charge in [-0.05, 0) is 39.7 Å². The van der Waals surface area contributed by atoms with E-state index < -0.39 is 24.0 Å². The van der Waals surface area contributed by atoms with Crippen molar-refractivity contribution in [2.45, 2.75) is 75.4 Å². The largest absolute Gasteiger partial charge is 0.424 e. The quantitative estimate of drug-likeness (QED) is 0.476. The molecule has 0 spiro atoms. The smallest absolute Gasteiger partial charge is 0.374 e. The molecule has 10 heteroatoms. The molecule has 3 atom stereocenters. The molecule has 2 saturated heterocycles. The number of aliphatic imine (C=N–C) groups is 1. The third-order valence-corrected chi connectivity index (χ3v) is 6.43. The lowest BCUT2D eigenvalue weighted by atomic mass is 9.82. The number of nitrogens with one attached hydrogen (secondary N) is 2. The molecule has 0 aromatic carbocycles. The summed E-state index contributed by atoms with van der Waals surface area (Å²) in [5.41, 5.74) is -3.04. The highest BCUT2D eigenvalue weighted by molar-refractivity contribution is 5.80. The van der Waals surface area contributed by atoms with E-state index in [4.69, 9.17) is 0 Å².